The quantitative estimate of drug-likeness (QED) is 0.767. The summed E-state index contributed by atoms with van der Waals surface area (Å²) in [6.45, 7) is 5.89. The highest BCUT2D eigenvalue weighted by Gasteiger charge is 2.33. The Labute approximate surface area is 151 Å². The van der Waals surface area contributed by atoms with Gasteiger partial charge in [-0.25, -0.2) is 0 Å². The normalized spacial score (nSPS) is 13.5. The van der Waals surface area contributed by atoms with Gasteiger partial charge in [0.2, 0.25) is 5.91 Å². The van der Waals surface area contributed by atoms with Crippen molar-refractivity contribution in [3.63, 3.8) is 0 Å². The predicted molar refractivity (Wildman–Crippen MR) is 96.2 cm³/mol. The molecular formula is C19H19N5O2. The zero-order valence-corrected chi connectivity index (χ0v) is 14.8. The number of rotatable bonds is 2. The van der Waals surface area contributed by atoms with Crippen molar-refractivity contribution in [2.75, 3.05) is 5.32 Å². The van der Waals surface area contributed by atoms with Gasteiger partial charge in [-0.15, -0.1) is 5.10 Å². The Kier molecular flexibility index (Phi) is 3.72. The van der Waals surface area contributed by atoms with E-state index in [0.29, 0.717) is 11.5 Å². The molecule has 0 bridgehead atoms. The predicted octanol–water partition coefficient (Wildman–Crippen LogP) is 3.30. The molecule has 0 radical (unpaired) electrons. The van der Waals surface area contributed by atoms with Crippen LogP contribution in [0.15, 0.2) is 48.5 Å². The second-order valence-electron chi connectivity index (χ2n) is 7.17. The third-order valence-electron chi connectivity index (χ3n) is 4.19. The molecule has 0 saturated heterocycles. The first-order chi connectivity index (χ1) is 12.4. The maximum atomic E-state index is 13.1. The van der Waals surface area contributed by atoms with Gasteiger partial charge < -0.3 is 4.74 Å². The van der Waals surface area contributed by atoms with E-state index in [1.54, 1.807) is 0 Å². The van der Waals surface area contributed by atoms with Crippen LogP contribution in [0.5, 0.6) is 11.5 Å². The number of hydrogen-bond donors (Lipinski definition) is 1. The van der Waals surface area contributed by atoms with Gasteiger partial charge >= 0.3 is 0 Å². The standard InChI is InChI=1S/C19H19N5O2/c1-19(2,3)24-22-18(21-23-24)20-17(25)16-12-8-4-6-10-14(12)26-15-11-7-5-9-13(15)16/h4-11,16H,1-3H3,(H,20,22,25). The van der Waals surface area contributed by atoms with Gasteiger partial charge in [-0.05, 0) is 38.1 Å². The number of carbonyl (C=O) groups is 1. The zero-order chi connectivity index (χ0) is 18.3. The van der Waals surface area contributed by atoms with E-state index in [9.17, 15) is 4.79 Å². The van der Waals surface area contributed by atoms with Gasteiger partial charge in [0.1, 0.15) is 11.5 Å². The topological polar surface area (TPSA) is 81.9 Å². The summed E-state index contributed by atoms with van der Waals surface area (Å²) in [5.74, 6) is 0.820. The Balaban J connectivity index is 1.69. The molecule has 0 saturated carbocycles. The maximum Gasteiger partial charge on any atom is 0.270 e. The lowest BCUT2D eigenvalue weighted by Crippen LogP contribution is -2.26. The van der Waals surface area contributed by atoms with Crippen molar-refractivity contribution in [2.45, 2.75) is 32.2 Å². The van der Waals surface area contributed by atoms with Crippen LogP contribution in [0, 0.1) is 0 Å². The van der Waals surface area contributed by atoms with Crippen molar-refractivity contribution in [2.24, 2.45) is 0 Å². The number of nitrogens with one attached hydrogen (secondary N) is 1. The Morgan fingerprint density at radius 1 is 1.04 bits per heavy atom. The number of fused-ring (bicyclic) bond motifs is 2. The molecule has 0 spiro atoms. The Bertz CT molecular complexity index is 928. The summed E-state index contributed by atoms with van der Waals surface area (Å²) >= 11 is 0. The van der Waals surface area contributed by atoms with Crippen molar-refractivity contribution in [1.29, 1.82) is 0 Å². The molecule has 1 aromatic heterocycles. The molecule has 1 aliphatic rings. The first kappa shape index (κ1) is 16.3. The number of tetrazole rings is 1. The average molecular weight is 349 g/mol. The van der Waals surface area contributed by atoms with E-state index < -0.39 is 5.92 Å². The van der Waals surface area contributed by atoms with Crippen LogP contribution in [-0.4, -0.2) is 26.1 Å². The molecule has 1 N–H and O–H groups in total. The van der Waals surface area contributed by atoms with Crippen LogP contribution in [-0.2, 0) is 10.3 Å². The fourth-order valence-corrected chi connectivity index (χ4v) is 2.92. The highest BCUT2D eigenvalue weighted by molar-refractivity contribution is 5.98. The number of anilines is 1. The van der Waals surface area contributed by atoms with Crippen molar-refractivity contribution in [3.8, 4) is 11.5 Å². The first-order valence-electron chi connectivity index (χ1n) is 8.40. The summed E-state index contributed by atoms with van der Waals surface area (Å²) in [4.78, 5) is 14.5. The summed E-state index contributed by atoms with van der Waals surface area (Å²) in [5.41, 5.74) is 1.31. The van der Waals surface area contributed by atoms with Crippen molar-refractivity contribution in [3.05, 3.63) is 59.7 Å². The van der Waals surface area contributed by atoms with Gasteiger partial charge in [0.25, 0.3) is 5.95 Å². The van der Waals surface area contributed by atoms with E-state index in [-0.39, 0.29) is 17.4 Å². The van der Waals surface area contributed by atoms with Crippen LogP contribution in [0.25, 0.3) is 0 Å². The number of hydrogen-bond acceptors (Lipinski definition) is 5. The van der Waals surface area contributed by atoms with Gasteiger partial charge in [-0.1, -0.05) is 41.5 Å². The third-order valence-corrected chi connectivity index (χ3v) is 4.19. The lowest BCUT2D eigenvalue weighted by Gasteiger charge is -2.26. The van der Waals surface area contributed by atoms with Gasteiger partial charge in [-0.2, -0.15) is 4.80 Å². The molecule has 4 rings (SSSR count). The molecular weight excluding hydrogens is 330 g/mol. The highest BCUT2D eigenvalue weighted by atomic mass is 16.5. The monoisotopic (exact) mass is 349 g/mol. The molecule has 2 heterocycles. The Morgan fingerprint density at radius 2 is 1.62 bits per heavy atom. The maximum absolute atomic E-state index is 13.1. The number of amides is 1. The summed E-state index contributed by atoms with van der Waals surface area (Å²) in [7, 11) is 0. The molecule has 1 amide bonds. The molecule has 2 aromatic carbocycles. The smallest absolute Gasteiger partial charge is 0.270 e. The van der Waals surface area contributed by atoms with Gasteiger partial charge in [0.15, 0.2) is 0 Å². The van der Waals surface area contributed by atoms with Gasteiger partial charge in [0, 0.05) is 11.1 Å². The van der Waals surface area contributed by atoms with Crippen molar-refractivity contribution >= 4 is 11.9 Å². The van der Waals surface area contributed by atoms with Crippen LogP contribution in [0.2, 0.25) is 0 Å². The lowest BCUT2D eigenvalue weighted by atomic mass is 9.87. The van der Waals surface area contributed by atoms with Gasteiger partial charge in [-0.3, -0.25) is 10.1 Å². The molecule has 3 aromatic rings. The fraction of sp³-hybridized carbons (Fsp3) is 0.263. The largest absolute Gasteiger partial charge is 0.457 e. The van der Waals surface area contributed by atoms with Crippen LogP contribution < -0.4 is 10.1 Å². The second kappa shape index (κ2) is 5.94. The van der Waals surface area contributed by atoms with Crippen molar-refractivity contribution < 1.29 is 9.53 Å². The molecule has 0 fully saturated rings. The number of aromatic nitrogens is 4. The van der Waals surface area contributed by atoms with E-state index >= 15 is 0 Å². The SMILES string of the molecule is CC(C)(C)n1nnc(NC(=O)C2c3ccccc3Oc3ccccc32)n1. The van der Waals surface area contributed by atoms with Crippen LogP contribution >= 0.6 is 0 Å². The number of carbonyl (C=O) groups excluding carboxylic acids is 1. The molecule has 26 heavy (non-hydrogen) atoms. The van der Waals surface area contributed by atoms with E-state index in [4.69, 9.17) is 4.74 Å². The van der Waals surface area contributed by atoms with E-state index in [2.05, 4.69) is 20.7 Å². The number of ether oxygens (including phenoxy) is 1. The number of nitrogens with zero attached hydrogens (tertiary/aromatic N) is 4. The molecule has 0 atom stereocenters. The second-order valence-corrected chi connectivity index (χ2v) is 7.17. The first-order valence-corrected chi connectivity index (χ1v) is 8.40. The third kappa shape index (κ3) is 2.81. The number of benzene rings is 2. The highest BCUT2D eigenvalue weighted by Crippen LogP contribution is 2.44. The molecule has 132 valence electrons. The van der Waals surface area contributed by atoms with E-state index in [1.807, 2.05) is 69.3 Å². The average Bonchev–Trinajstić information content (AvgIpc) is 3.08. The Morgan fingerprint density at radius 3 is 2.15 bits per heavy atom. The zero-order valence-electron chi connectivity index (χ0n) is 14.8. The molecule has 0 aliphatic carbocycles. The summed E-state index contributed by atoms with van der Waals surface area (Å²) in [6, 6.07) is 15.1. The minimum Gasteiger partial charge on any atom is -0.457 e. The summed E-state index contributed by atoms with van der Waals surface area (Å²) in [5, 5.41) is 15.0. The molecule has 7 nitrogen and oxygen atoms in total. The minimum atomic E-state index is -0.502. The van der Waals surface area contributed by atoms with E-state index in [0.717, 1.165) is 11.1 Å². The molecule has 7 heteroatoms. The summed E-state index contributed by atoms with van der Waals surface area (Å²) in [6.07, 6.45) is 0. The Hall–Kier alpha value is -3.22. The lowest BCUT2D eigenvalue weighted by molar-refractivity contribution is -0.116. The molecule has 0 unspecified atom stereocenters. The van der Waals surface area contributed by atoms with Crippen molar-refractivity contribution in [1.82, 2.24) is 20.2 Å². The van der Waals surface area contributed by atoms with Crippen LogP contribution in [0.3, 0.4) is 0 Å². The van der Waals surface area contributed by atoms with Crippen LogP contribution in [0.4, 0.5) is 5.95 Å². The molecule has 1 aliphatic heterocycles. The number of para-hydroxylation sites is 2. The van der Waals surface area contributed by atoms with E-state index in [1.165, 1.54) is 4.80 Å². The minimum absolute atomic E-state index is 0.186. The van der Waals surface area contributed by atoms with Gasteiger partial charge in [0.05, 0.1) is 11.5 Å². The summed E-state index contributed by atoms with van der Waals surface area (Å²) < 4.78 is 5.93. The fourth-order valence-electron chi connectivity index (χ4n) is 2.92. The van der Waals surface area contributed by atoms with Crippen LogP contribution in [0.1, 0.15) is 37.8 Å².